The van der Waals surface area contributed by atoms with E-state index < -0.39 is 0 Å². The number of hydrogen-bond donors (Lipinski definition) is 2. The van der Waals surface area contributed by atoms with E-state index in [-0.39, 0.29) is 5.75 Å². The lowest BCUT2D eigenvalue weighted by molar-refractivity contribution is 0.393. The summed E-state index contributed by atoms with van der Waals surface area (Å²) in [5, 5.41) is 13.1. The first-order valence-electron chi connectivity index (χ1n) is 6.33. The summed E-state index contributed by atoms with van der Waals surface area (Å²) in [5.41, 5.74) is 0.999. The fourth-order valence-electron chi connectivity index (χ4n) is 2.56. The van der Waals surface area contributed by atoms with Crippen LogP contribution in [0, 0.1) is 0 Å². The van der Waals surface area contributed by atoms with Crippen LogP contribution in [0.15, 0.2) is 22.9 Å². The molecule has 4 nitrogen and oxygen atoms in total. The highest BCUT2D eigenvalue weighted by molar-refractivity contribution is 9.10. The van der Waals surface area contributed by atoms with Gasteiger partial charge in [0.25, 0.3) is 0 Å². The first-order valence-corrected chi connectivity index (χ1v) is 7.12. The van der Waals surface area contributed by atoms with Crippen LogP contribution >= 0.6 is 15.9 Å². The van der Waals surface area contributed by atoms with Crippen LogP contribution in [0.1, 0.15) is 25.1 Å². The van der Waals surface area contributed by atoms with Gasteiger partial charge >= 0.3 is 0 Å². The Kier molecular flexibility index (Phi) is 3.26. The van der Waals surface area contributed by atoms with E-state index in [2.05, 4.69) is 26.2 Å². The van der Waals surface area contributed by atoms with Crippen LogP contribution < -0.4 is 5.32 Å². The summed E-state index contributed by atoms with van der Waals surface area (Å²) in [7, 11) is 0. The molecule has 96 valence electrons. The van der Waals surface area contributed by atoms with Gasteiger partial charge in [0.15, 0.2) is 0 Å². The Morgan fingerprint density at radius 2 is 2.33 bits per heavy atom. The van der Waals surface area contributed by atoms with Gasteiger partial charge in [0.1, 0.15) is 16.2 Å². The maximum atomic E-state index is 9.59. The van der Waals surface area contributed by atoms with Gasteiger partial charge in [0, 0.05) is 12.5 Å². The molecule has 3 heterocycles. The molecule has 1 saturated heterocycles. The van der Waals surface area contributed by atoms with Crippen LogP contribution in [0.3, 0.4) is 0 Å². The molecular formula is C13H16BrN3O. The molecule has 18 heavy (non-hydrogen) atoms. The number of aromatic nitrogens is 2. The Labute approximate surface area is 114 Å². The Balaban J connectivity index is 1.93. The fourth-order valence-corrected chi connectivity index (χ4v) is 3.09. The number of nitrogens with zero attached hydrogens (tertiary/aromatic N) is 2. The number of rotatable bonds is 2. The van der Waals surface area contributed by atoms with Gasteiger partial charge in [-0.2, -0.15) is 0 Å². The van der Waals surface area contributed by atoms with E-state index in [9.17, 15) is 5.11 Å². The number of aromatic hydroxyl groups is 1. The quantitative estimate of drug-likeness (QED) is 0.896. The standard InChI is InChI=1S/C13H16BrN3O/c14-13-11-5-4-10(18)8-17(11)12(16-13)7-9-3-1-2-6-15-9/h4-5,8-9,15,18H,1-3,6-7H2. The zero-order chi connectivity index (χ0) is 12.5. The topological polar surface area (TPSA) is 49.6 Å². The molecule has 2 N–H and O–H groups in total. The minimum Gasteiger partial charge on any atom is -0.506 e. The summed E-state index contributed by atoms with van der Waals surface area (Å²) in [4.78, 5) is 4.55. The van der Waals surface area contributed by atoms with E-state index in [0.717, 1.165) is 28.9 Å². The van der Waals surface area contributed by atoms with Crippen LogP contribution in [-0.2, 0) is 6.42 Å². The van der Waals surface area contributed by atoms with Crippen molar-refractivity contribution in [1.82, 2.24) is 14.7 Å². The fraction of sp³-hybridized carbons (Fsp3) is 0.462. The van der Waals surface area contributed by atoms with E-state index in [1.807, 2.05) is 10.5 Å². The van der Waals surface area contributed by atoms with Gasteiger partial charge in [-0.05, 0) is 47.4 Å². The van der Waals surface area contributed by atoms with Crippen LogP contribution in [0.4, 0.5) is 0 Å². The summed E-state index contributed by atoms with van der Waals surface area (Å²) in [6.07, 6.45) is 6.38. The van der Waals surface area contributed by atoms with Crippen molar-refractivity contribution in [3.05, 3.63) is 28.8 Å². The minimum atomic E-state index is 0.269. The highest BCUT2D eigenvalue weighted by Gasteiger charge is 2.17. The van der Waals surface area contributed by atoms with Crippen LogP contribution in [-0.4, -0.2) is 27.1 Å². The van der Waals surface area contributed by atoms with Gasteiger partial charge in [-0.3, -0.25) is 4.40 Å². The second-order valence-corrected chi connectivity index (χ2v) is 5.56. The van der Waals surface area contributed by atoms with Crippen molar-refractivity contribution in [2.24, 2.45) is 0 Å². The molecule has 0 aromatic carbocycles. The van der Waals surface area contributed by atoms with Gasteiger partial charge in [-0.25, -0.2) is 4.98 Å². The molecule has 3 rings (SSSR count). The molecule has 1 unspecified atom stereocenters. The molecule has 0 bridgehead atoms. The Morgan fingerprint density at radius 3 is 3.11 bits per heavy atom. The largest absolute Gasteiger partial charge is 0.506 e. The third kappa shape index (κ3) is 2.24. The first-order chi connectivity index (χ1) is 8.74. The molecule has 2 aromatic rings. The van der Waals surface area contributed by atoms with Gasteiger partial charge in [0.05, 0.1) is 11.7 Å². The van der Waals surface area contributed by atoms with E-state index >= 15 is 0 Å². The van der Waals surface area contributed by atoms with Crippen molar-refractivity contribution in [2.45, 2.75) is 31.7 Å². The molecule has 1 atom stereocenters. The van der Waals surface area contributed by atoms with E-state index in [0.29, 0.717) is 6.04 Å². The Morgan fingerprint density at radius 1 is 1.44 bits per heavy atom. The summed E-state index contributed by atoms with van der Waals surface area (Å²) in [6.45, 7) is 1.10. The molecule has 1 fully saturated rings. The lowest BCUT2D eigenvalue weighted by Crippen LogP contribution is -2.36. The third-order valence-electron chi connectivity index (χ3n) is 3.49. The number of nitrogens with one attached hydrogen (secondary N) is 1. The van der Waals surface area contributed by atoms with Gasteiger partial charge in [-0.1, -0.05) is 6.42 Å². The second-order valence-electron chi connectivity index (χ2n) is 4.81. The molecule has 5 heteroatoms. The number of hydrogen-bond acceptors (Lipinski definition) is 3. The van der Waals surface area contributed by atoms with Crippen LogP contribution in [0.25, 0.3) is 5.52 Å². The molecule has 1 aliphatic heterocycles. The summed E-state index contributed by atoms with van der Waals surface area (Å²) in [6, 6.07) is 4.06. The number of fused-ring (bicyclic) bond motifs is 1. The molecule has 0 spiro atoms. The highest BCUT2D eigenvalue weighted by Crippen LogP contribution is 2.23. The highest BCUT2D eigenvalue weighted by atomic mass is 79.9. The molecule has 0 saturated carbocycles. The summed E-state index contributed by atoms with van der Waals surface area (Å²) >= 11 is 3.47. The average Bonchev–Trinajstić information content (AvgIpc) is 2.67. The maximum absolute atomic E-state index is 9.59. The molecular weight excluding hydrogens is 294 g/mol. The van der Waals surface area contributed by atoms with Crippen molar-refractivity contribution in [3.63, 3.8) is 0 Å². The number of pyridine rings is 1. The molecule has 0 aliphatic carbocycles. The molecule has 0 amide bonds. The Bertz CT molecular complexity index is 561. The third-order valence-corrected chi connectivity index (χ3v) is 4.07. The van der Waals surface area contributed by atoms with E-state index in [1.54, 1.807) is 12.3 Å². The van der Waals surface area contributed by atoms with E-state index in [4.69, 9.17) is 0 Å². The molecule has 1 aliphatic rings. The molecule has 2 aromatic heterocycles. The monoisotopic (exact) mass is 309 g/mol. The predicted octanol–water partition coefficient (Wildman–Crippen LogP) is 2.49. The van der Waals surface area contributed by atoms with Crippen molar-refractivity contribution in [2.75, 3.05) is 6.54 Å². The van der Waals surface area contributed by atoms with Crippen molar-refractivity contribution in [1.29, 1.82) is 0 Å². The maximum Gasteiger partial charge on any atom is 0.132 e. The first kappa shape index (κ1) is 12.0. The van der Waals surface area contributed by atoms with Gasteiger partial charge in [0.2, 0.25) is 0 Å². The molecule has 0 radical (unpaired) electrons. The number of imidazole rings is 1. The zero-order valence-corrected chi connectivity index (χ0v) is 11.7. The van der Waals surface area contributed by atoms with Crippen LogP contribution in [0.2, 0.25) is 0 Å². The lowest BCUT2D eigenvalue weighted by atomic mass is 10.0. The Hall–Kier alpha value is -1.07. The smallest absolute Gasteiger partial charge is 0.132 e. The van der Waals surface area contributed by atoms with E-state index in [1.165, 1.54) is 19.3 Å². The zero-order valence-electron chi connectivity index (χ0n) is 10.1. The number of piperidine rings is 1. The van der Waals surface area contributed by atoms with Gasteiger partial charge in [-0.15, -0.1) is 0 Å². The SMILES string of the molecule is Oc1ccc2c(Br)nc(CC3CCCCN3)n2c1. The number of halogens is 1. The normalized spacial score (nSPS) is 20.4. The summed E-state index contributed by atoms with van der Waals surface area (Å²) < 4.78 is 2.81. The second kappa shape index (κ2) is 4.90. The predicted molar refractivity (Wildman–Crippen MR) is 73.9 cm³/mol. The van der Waals surface area contributed by atoms with Crippen molar-refractivity contribution >= 4 is 21.4 Å². The summed E-state index contributed by atoms with van der Waals surface area (Å²) in [5.74, 6) is 1.26. The average molecular weight is 310 g/mol. The van der Waals surface area contributed by atoms with Crippen molar-refractivity contribution in [3.8, 4) is 5.75 Å². The lowest BCUT2D eigenvalue weighted by Gasteiger charge is -2.22. The van der Waals surface area contributed by atoms with Gasteiger partial charge < -0.3 is 10.4 Å². The van der Waals surface area contributed by atoms with Crippen molar-refractivity contribution < 1.29 is 5.11 Å². The van der Waals surface area contributed by atoms with Crippen LogP contribution in [0.5, 0.6) is 5.75 Å². The minimum absolute atomic E-state index is 0.269.